The van der Waals surface area contributed by atoms with Gasteiger partial charge < -0.3 is 15.3 Å². The minimum Gasteiger partial charge on any atom is -0.481 e. The second-order valence-corrected chi connectivity index (χ2v) is 8.79. The SMILES string of the molecule is CC1(C)N=C(c2cc(Cl)cc(Cl)c2)C(=O)N1CCc1ccc(C(=O)NCCC(=O)O)cc1. The molecule has 0 saturated carbocycles. The molecule has 2 aromatic rings. The lowest BCUT2D eigenvalue weighted by Crippen LogP contribution is -2.43. The summed E-state index contributed by atoms with van der Waals surface area (Å²) in [7, 11) is 0. The third-order valence-corrected chi connectivity index (χ3v) is 5.53. The third-order valence-electron chi connectivity index (χ3n) is 5.09. The fourth-order valence-electron chi connectivity index (χ4n) is 3.46. The van der Waals surface area contributed by atoms with Crippen LogP contribution in [-0.2, 0) is 16.0 Å². The summed E-state index contributed by atoms with van der Waals surface area (Å²) in [5.41, 5.74) is 1.59. The fraction of sp³-hybridized carbons (Fsp3) is 0.304. The van der Waals surface area contributed by atoms with Crippen LogP contribution < -0.4 is 5.32 Å². The highest BCUT2D eigenvalue weighted by Gasteiger charge is 2.40. The summed E-state index contributed by atoms with van der Waals surface area (Å²) in [6, 6.07) is 11.9. The van der Waals surface area contributed by atoms with Crippen LogP contribution in [0.3, 0.4) is 0 Å². The van der Waals surface area contributed by atoms with Crippen molar-refractivity contribution < 1.29 is 19.5 Å². The number of benzene rings is 2. The zero-order chi connectivity index (χ0) is 23.5. The van der Waals surface area contributed by atoms with Gasteiger partial charge in [0.1, 0.15) is 11.4 Å². The Hall–Kier alpha value is -2.90. The Morgan fingerprint density at radius 3 is 2.31 bits per heavy atom. The molecule has 1 heterocycles. The number of carbonyl (C=O) groups is 3. The number of halogens is 2. The number of carboxylic acid groups (broad SMARTS) is 1. The smallest absolute Gasteiger partial charge is 0.305 e. The van der Waals surface area contributed by atoms with Gasteiger partial charge in [-0.1, -0.05) is 35.3 Å². The molecule has 1 aliphatic rings. The van der Waals surface area contributed by atoms with Crippen LogP contribution in [0, 0.1) is 0 Å². The lowest BCUT2D eigenvalue weighted by atomic mass is 10.1. The van der Waals surface area contributed by atoms with E-state index in [0.29, 0.717) is 39.8 Å². The molecule has 0 bridgehead atoms. The predicted octanol–water partition coefficient (Wildman–Crippen LogP) is 3.81. The number of nitrogens with zero attached hydrogens (tertiary/aromatic N) is 2. The van der Waals surface area contributed by atoms with E-state index in [9.17, 15) is 14.4 Å². The first-order valence-electron chi connectivity index (χ1n) is 10.0. The van der Waals surface area contributed by atoms with Crippen molar-refractivity contribution in [1.29, 1.82) is 0 Å². The molecule has 2 N–H and O–H groups in total. The standard InChI is InChI=1S/C23H23Cl2N3O4/c1-23(2)27-20(16-11-17(24)13-18(25)12-16)22(32)28(23)10-8-14-3-5-15(6-4-14)21(31)26-9-7-19(29)30/h3-6,11-13H,7-10H2,1-2H3,(H,26,31)(H,29,30). The Balaban J connectivity index is 1.63. The van der Waals surface area contributed by atoms with Crippen LogP contribution in [0.4, 0.5) is 0 Å². The summed E-state index contributed by atoms with van der Waals surface area (Å²) in [4.78, 5) is 42.0. The molecule has 0 unspecified atom stereocenters. The highest BCUT2D eigenvalue weighted by atomic mass is 35.5. The van der Waals surface area contributed by atoms with Crippen molar-refractivity contribution in [3.63, 3.8) is 0 Å². The Labute approximate surface area is 196 Å². The summed E-state index contributed by atoms with van der Waals surface area (Å²) in [5.74, 6) is -1.49. The first-order chi connectivity index (χ1) is 15.1. The molecule has 168 valence electrons. The molecule has 7 nitrogen and oxygen atoms in total. The van der Waals surface area contributed by atoms with Crippen molar-refractivity contribution in [1.82, 2.24) is 10.2 Å². The van der Waals surface area contributed by atoms with Gasteiger partial charge in [0.05, 0.1) is 6.42 Å². The molecule has 32 heavy (non-hydrogen) atoms. The third kappa shape index (κ3) is 5.66. The number of amides is 2. The molecule has 2 aromatic carbocycles. The van der Waals surface area contributed by atoms with E-state index in [1.807, 2.05) is 26.0 Å². The van der Waals surface area contributed by atoms with Crippen molar-refractivity contribution >= 4 is 46.7 Å². The van der Waals surface area contributed by atoms with Crippen LogP contribution >= 0.6 is 23.2 Å². The van der Waals surface area contributed by atoms with Gasteiger partial charge in [0.25, 0.3) is 11.8 Å². The number of hydrogen-bond acceptors (Lipinski definition) is 4. The molecule has 1 aliphatic heterocycles. The number of aliphatic imine (C=N–C) groups is 1. The quantitative estimate of drug-likeness (QED) is 0.606. The molecule has 0 aromatic heterocycles. The van der Waals surface area contributed by atoms with Crippen molar-refractivity contribution in [3.8, 4) is 0 Å². The van der Waals surface area contributed by atoms with E-state index in [2.05, 4.69) is 10.3 Å². The molecule has 9 heteroatoms. The highest BCUT2D eigenvalue weighted by Crippen LogP contribution is 2.29. The van der Waals surface area contributed by atoms with Crippen LogP contribution in [0.2, 0.25) is 10.0 Å². The summed E-state index contributed by atoms with van der Waals surface area (Å²) < 4.78 is 0. The maximum absolute atomic E-state index is 13.1. The number of carbonyl (C=O) groups excluding carboxylic acids is 2. The second kappa shape index (κ2) is 9.71. The zero-order valence-corrected chi connectivity index (χ0v) is 19.2. The first-order valence-corrected chi connectivity index (χ1v) is 10.8. The molecule has 3 rings (SSSR count). The second-order valence-electron chi connectivity index (χ2n) is 7.92. The van der Waals surface area contributed by atoms with Crippen LogP contribution in [0.15, 0.2) is 47.5 Å². The molecule has 0 radical (unpaired) electrons. The van der Waals surface area contributed by atoms with E-state index in [-0.39, 0.29) is 24.8 Å². The zero-order valence-electron chi connectivity index (χ0n) is 17.7. The van der Waals surface area contributed by atoms with E-state index >= 15 is 0 Å². The summed E-state index contributed by atoms with van der Waals surface area (Å²) >= 11 is 12.2. The normalized spacial score (nSPS) is 14.9. The van der Waals surface area contributed by atoms with E-state index in [1.165, 1.54) is 0 Å². The molecule has 0 spiro atoms. The first kappa shape index (κ1) is 23.8. The number of aliphatic carboxylic acids is 1. The minimum absolute atomic E-state index is 0.0717. The predicted molar refractivity (Wildman–Crippen MR) is 124 cm³/mol. The van der Waals surface area contributed by atoms with E-state index in [1.54, 1.807) is 35.2 Å². The average molecular weight is 476 g/mol. The lowest BCUT2D eigenvalue weighted by Gasteiger charge is -2.29. The van der Waals surface area contributed by atoms with Crippen LogP contribution in [0.1, 0.15) is 41.8 Å². The van der Waals surface area contributed by atoms with Gasteiger partial charge in [-0.15, -0.1) is 0 Å². The van der Waals surface area contributed by atoms with E-state index in [4.69, 9.17) is 28.3 Å². The van der Waals surface area contributed by atoms with Crippen LogP contribution in [0.25, 0.3) is 0 Å². The molecular formula is C23H23Cl2N3O4. The Kier molecular flexibility index (Phi) is 7.21. The maximum Gasteiger partial charge on any atom is 0.305 e. The van der Waals surface area contributed by atoms with E-state index in [0.717, 1.165) is 5.56 Å². The molecule has 0 saturated heterocycles. The summed E-state index contributed by atoms with van der Waals surface area (Å²) in [5, 5.41) is 12.1. The number of carboxylic acids is 1. The Morgan fingerprint density at radius 2 is 1.72 bits per heavy atom. The molecular weight excluding hydrogens is 453 g/mol. The maximum atomic E-state index is 13.1. The van der Waals surface area contributed by atoms with Gasteiger partial charge in [0.15, 0.2) is 0 Å². The number of rotatable bonds is 8. The molecule has 0 atom stereocenters. The summed E-state index contributed by atoms with van der Waals surface area (Å²) in [6.07, 6.45) is 0.449. The van der Waals surface area contributed by atoms with Gasteiger partial charge in [0, 0.05) is 34.3 Å². The molecule has 0 fully saturated rings. The average Bonchev–Trinajstić information content (AvgIpc) is 2.94. The lowest BCUT2D eigenvalue weighted by molar-refractivity contribution is -0.136. The van der Waals surface area contributed by atoms with Crippen molar-refractivity contribution in [3.05, 3.63) is 69.2 Å². The van der Waals surface area contributed by atoms with Gasteiger partial charge >= 0.3 is 5.97 Å². The van der Waals surface area contributed by atoms with E-state index < -0.39 is 11.6 Å². The van der Waals surface area contributed by atoms with Crippen molar-refractivity contribution in [2.75, 3.05) is 13.1 Å². The topological polar surface area (TPSA) is 99.1 Å². The monoisotopic (exact) mass is 475 g/mol. The largest absolute Gasteiger partial charge is 0.481 e. The fourth-order valence-corrected chi connectivity index (χ4v) is 3.99. The van der Waals surface area contributed by atoms with Crippen LogP contribution in [0.5, 0.6) is 0 Å². The Morgan fingerprint density at radius 1 is 1.09 bits per heavy atom. The number of hydrogen-bond donors (Lipinski definition) is 2. The number of nitrogens with one attached hydrogen (secondary N) is 1. The summed E-state index contributed by atoms with van der Waals surface area (Å²) in [6.45, 7) is 4.25. The molecule has 0 aliphatic carbocycles. The van der Waals surface area contributed by atoms with Gasteiger partial charge in [-0.2, -0.15) is 0 Å². The highest BCUT2D eigenvalue weighted by molar-refractivity contribution is 6.47. The minimum atomic E-state index is -0.967. The van der Waals surface area contributed by atoms with Gasteiger partial charge in [-0.25, -0.2) is 0 Å². The molecule has 2 amide bonds. The van der Waals surface area contributed by atoms with Crippen molar-refractivity contribution in [2.45, 2.75) is 32.4 Å². The Bertz CT molecular complexity index is 1060. The van der Waals surface area contributed by atoms with Crippen molar-refractivity contribution in [2.24, 2.45) is 4.99 Å². The van der Waals surface area contributed by atoms with Gasteiger partial charge in [-0.3, -0.25) is 19.4 Å². The van der Waals surface area contributed by atoms with Gasteiger partial charge in [0.2, 0.25) is 0 Å². The van der Waals surface area contributed by atoms with Crippen LogP contribution in [-0.4, -0.2) is 52.3 Å². The van der Waals surface area contributed by atoms with Gasteiger partial charge in [-0.05, 0) is 56.2 Å².